The molecule has 1 fully saturated rings. The van der Waals surface area contributed by atoms with Crippen molar-refractivity contribution in [3.8, 4) is 5.75 Å². The van der Waals surface area contributed by atoms with Crippen LogP contribution in [0.15, 0.2) is 42.5 Å². The number of nitrogens with two attached hydrogens (primary N) is 1. The number of carbonyl (C=O) groups is 1. The average Bonchev–Trinajstić information content (AvgIpc) is 2.84. The number of halogens is 3. The van der Waals surface area contributed by atoms with Crippen LogP contribution in [-0.4, -0.2) is 42.4 Å². The van der Waals surface area contributed by atoms with Crippen molar-refractivity contribution < 1.29 is 18.7 Å². The van der Waals surface area contributed by atoms with Crippen molar-refractivity contribution in [3.63, 3.8) is 0 Å². The normalized spacial score (nSPS) is 14.5. The number of nitrogens with one attached hydrogen (secondary N) is 1. The molecule has 0 aliphatic carbocycles. The Kier molecular flexibility index (Phi) is 7.35. The van der Waals surface area contributed by atoms with E-state index in [9.17, 15) is 9.18 Å². The molecule has 8 nitrogen and oxygen atoms in total. The van der Waals surface area contributed by atoms with Gasteiger partial charge < -0.3 is 25.4 Å². The summed E-state index contributed by atoms with van der Waals surface area (Å²) in [6.07, 6.45) is -0.772. The van der Waals surface area contributed by atoms with Crippen LogP contribution in [0.3, 0.4) is 0 Å². The Bertz CT molecular complexity index is 1190. The molecule has 1 unspecified atom stereocenters. The second-order valence-electron chi connectivity index (χ2n) is 7.60. The molecule has 1 amide bonds. The van der Waals surface area contributed by atoms with Gasteiger partial charge in [0.05, 0.1) is 18.2 Å². The van der Waals surface area contributed by atoms with Crippen LogP contribution in [0.25, 0.3) is 0 Å². The summed E-state index contributed by atoms with van der Waals surface area (Å²) in [5.74, 6) is -1.07. The molecule has 34 heavy (non-hydrogen) atoms. The van der Waals surface area contributed by atoms with Gasteiger partial charge in [-0.1, -0.05) is 23.2 Å². The van der Waals surface area contributed by atoms with Gasteiger partial charge in [0.1, 0.15) is 11.9 Å². The van der Waals surface area contributed by atoms with Crippen LogP contribution in [-0.2, 0) is 4.74 Å². The molecule has 0 saturated carbocycles. The summed E-state index contributed by atoms with van der Waals surface area (Å²) in [5, 5.41) is 10.5. The molecule has 2 heterocycles. The molecule has 0 radical (unpaired) electrons. The molecule has 2 aromatic carbocycles. The number of hydrogen-bond donors (Lipinski definition) is 2. The molecule has 1 saturated heterocycles. The van der Waals surface area contributed by atoms with Crippen molar-refractivity contribution in [2.24, 2.45) is 0 Å². The third-order valence-electron chi connectivity index (χ3n) is 5.31. The number of nitrogens with zero attached hydrogens (tertiary/aromatic N) is 3. The predicted octanol–water partition coefficient (Wildman–Crippen LogP) is 4.73. The number of carbonyl (C=O) groups excluding carboxylic acids is 1. The summed E-state index contributed by atoms with van der Waals surface area (Å²) in [4.78, 5) is 15.0. The monoisotopic (exact) mass is 505 g/mol. The van der Waals surface area contributed by atoms with Crippen LogP contribution in [0.4, 0.5) is 21.6 Å². The zero-order valence-corrected chi connectivity index (χ0v) is 19.7. The lowest BCUT2D eigenvalue weighted by atomic mass is 10.1. The molecule has 178 valence electrons. The molecule has 3 N–H and O–H groups in total. The Hall–Kier alpha value is -3.14. The van der Waals surface area contributed by atoms with Gasteiger partial charge in [-0.2, -0.15) is 0 Å². The predicted molar refractivity (Wildman–Crippen MR) is 129 cm³/mol. The van der Waals surface area contributed by atoms with E-state index in [1.165, 1.54) is 18.2 Å². The molecule has 1 aliphatic heterocycles. The number of ether oxygens (including phenoxy) is 2. The van der Waals surface area contributed by atoms with Gasteiger partial charge in [-0.3, -0.25) is 4.79 Å². The van der Waals surface area contributed by atoms with Crippen LogP contribution in [0.1, 0.15) is 29.1 Å². The highest BCUT2D eigenvalue weighted by Gasteiger charge is 2.21. The number of anilines is 3. The van der Waals surface area contributed by atoms with E-state index in [0.29, 0.717) is 18.9 Å². The molecule has 1 atom stereocenters. The molecule has 0 bridgehead atoms. The summed E-state index contributed by atoms with van der Waals surface area (Å²) in [5.41, 5.74) is 7.77. The molecule has 4 rings (SSSR count). The Balaban J connectivity index is 1.47. The number of nitrogen functional groups attached to an aromatic ring is 1. The highest BCUT2D eigenvalue weighted by atomic mass is 35.5. The number of amides is 1. The molecule has 3 aromatic rings. The lowest BCUT2D eigenvalue weighted by molar-refractivity contribution is 0.102. The summed E-state index contributed by atoms with van der Waals surface area (Å²) in [6, 6.07) is 11.4. The number of aromatic nitrogens is 2. The van der Waals surface area contributed by atoms with E-state index in [1.54, 1.807) is 19.1 Å². The SMILES string of the molecule is CC(Oc1cc(C(=O)Nc2ccc(N3CCOCC3)cc2)nnc1N)c1c(Cl)ccc(F)c1Cl. The first-order valence-electron chi connectivity index (χ1n) is 10.5. The molecule has 1 aliphatic rings. The highest BCUT2D eigenvalue weighted by molar-refractivity contribution is 6.36. The number of benzene rings is 2. The fourth-order valence-corrected chi connectivity index (χ4v) is 4.20. The van der Waals surface area contributed by atoms with Crippen LogP contribution >= 0.6 is 23.2 Å². The number of morpholine rings is 1. The molecule has 0 spiro atoms. The second-order valence-corrected chi connectivity index (χ2v) is 8.38. The summed E-state index contributed by atoms with van der Waals surface area (Å²) in [6.45, 7) is 4.64. The first-order valence-corrected chi connectivity index (χ1v) is 11.3. The second kappa shape index (κ2) is 10.4. The maximum atomic E-state index is 13.9. The minimum absolute atomic E-state index is 0.00917. The van der Waals surface area contributed by atoms with Gasteiger partial charge in [0, 0.05) is 41.1 Å². The Morgan fingerprint density at radius 2 is 1.88 bits per heavy atom. The van der Waals surface area contributed by atoms with Gasteiger partial charge in [0.15, 0.2) is 17.3 Å². The fourth-order valence-electron chi connectivity index (χ4n) is 3.53. The summed E-state index contributed by atoms with van der Waals surface area (Å²) in [7, 11) is 0. The van der Waals surface area contributed by atoms with Crippen molar-refractivity contribution in [1.29, 1.82) is 0 Å². The first-order chi connectivity index (χ1) is 16.3. The van der Waals surface area contributed by atoms with E-state index in [2.05, 4.69) is 20.4 Å². The lowest BCUT2D eigenvalue weighted by Gasteiger charge is -2.28. The van der Waals surface area contributed by atoms with Gasteiger partial charge in [-0.25, -0.2) is 4.39 Å². The topological polar surface area (TPSA) is 103 Å². The Morgan fingerprint density at radius 3 is 2.59 bits per heavy atom. The average molecular weight is 506 g/mol. The standard InChI is InChI=1S/C23H22Cl2FN5O3/c1-13(20-16(24)6-7-17(26)21(20)25)34-19-12-18(29-30-22(19)27)23(32)28-14-2-4-15(5-3-14)31-8-10-33-11-9-31/h2-7,12-13H,8-11H2,1H3,(H2,27,30)(H,28,32). The van der Waals surface area contributed by atoms with Gasteiger partial charge in [0.25, 0.3) is 5.91 Å². The molecular weight excluding hydrogens is 484 g/mol. The Morgan fingerprint density at radius 1 is 1.18 bits per heavy atom. The number of rotatable bonds is 6. The smallest absolute Gasteiger partial charge is 0.276 e. The molecular formula is C23H22Cl2FN5O3. The summed E-state index contributed by atoms with van der Waals surface area (Å²) >= 11 is 12.2. The quantitative estimate of drug-likeness (QED) is 0.466. The molecule has 11 heteroatoms. The van der Waals surface area contributed by atoms with Crippen molar-refractivity contribution in [1.82, 2.24) is 10.2 Å². The highest BCUT2D eigenvalue weighted by Crippen LogP contribution is 2.35. The van der Waals surface area contributed by atoms with Crippen LogP contribution < -0.4 is 20.7 Å². The van der Waals surface area contributed by atoms with E-state index < -0.39 is 17.8 Å². The lowest BCUT2D eigenvalue weighted by Crippen LogP contribution is -2.36. The van der Waals surface area contributed by atoms with Crippen molar-refractivity contribution >= 4 is 46.3 Å². The van der Waals surface area contributed by atoms with Gasteiger partial charge >= 0.3 is 0 Å². The van der Waals surface area contributed by atoms with Crippen molar-refractivity contribution in [3.05, 3.63) is 69.6 Å². The summed E-state index contributed by atoms with van der Waals surface area (Å²) < 4.78 is 25.1. The van der Waals surface area contributed by atoms with Crippen LogP contribution in [0.5, 0.6) is 5.75 Å². The zero-order chi connectivity index (χ0) is 24.2. The van der Waals surface area contributed by atoms with Gasteiger partial charge in [-0.05, 0) is 43.3 Å². The molecule has 1 aromatic heterocycles. The van der Waals surface area contributed by atoms with E-state index in [0.717, 1.165) is 18.8 Å². The van der Waals surface area contributed by atoms with Crippen molar-refractivity contribution in [2.45, 2.75) is 13.0 Å². The maximum absolute atomic E-state index is 13.9. The van der Waals surface area contributed by atoms with E-state index in [4.69, 9.17) is 38.4 Å². The minimum Gasteiger partial charge on any atom is -0.482 e. The largest absolute Gasteiger partial charge is 0.482 e. The maximum Gasteiger partial charge on any atom is 0.276 e. The van der Waals surface area contributed by atoms with Gasteiger partial charge in [-0.15, -0.1) is 10.2 Å². The van der Waals surface area contributed by atoms with Crippen LogP contribution in [0.2, 0.25) is 10.0 Å². The van der Waals surface area contributed by atoms with E-state index in [-0.39, 0.29) is 32.9 Å². The zero-order valence-electron chi connectivity index (χ0n) is 18.2. The number of hydrogen-bond acceptors (Lipinski definition) is 7. The van der Waals surface area contributed by atoms with E-state index in [1.807, 2.05) is 12.1 Å². The fraction of sp³-hybridized carbons (Fsp3) is 0.261. The third-order valence-corrected chi connectivity index (χ3v) is 6.02. The Labute approximate surface area is 205 Å². The van der Waals surface area contributed by atoms with Crippen molar-refractivity contribution in [2.75, 3.05) is 42.3 Å². The van der Waals surface area contributed by atoms with Crippen LogP contribution in [0, 0.1) is 5.82 Å². The first kappa shape index (κ1) is 24.0. The minimum atomic E-state index is -0.772. The third kappa shape index (κ3) is 5.32. The van der Waals surface area contributed by atoms with E-state index >= 15 is 0 Å². The van der Waals surface area contributed by atoms with Gasteiger partial charge in [0.2, 0.25) is 0 Å².